The van der Waals surface area contributed by atoms with Crippen LogP contribution < -0.4 is 0 Å². The number of rotatable bonds is 0. The normalized spacial score (nSPS) is 16.9. The van der Waals surface area contributed by atoms with Gasteiger partial charge in [-0.3, -0.25) is 4.90 Å². The second kappa shape index (κ2) is 4.16. The largest absolute Gasteiger partial charge is 0.443 e. The van der Waals surface area contributed by atoms with Gasteiger partial charge in [0.25, 0.3) is 6.08 Å². The van der Waals surface area contributed by atoms with Crippen molar-refractivity contribution in [2.45, 2.75) is 39.2 Å². The number of amides is 1. The number of ether oxygens (including phenoxy) is 1. The fourth-order valence-electron chi connectivity index (χ4n) is 1.39. The van der Waals surface area contributed by atoms with E-state index >= 15 is 0 Å². The number of carbonyl (C=O) groups is 1. The summed E-state index contributed by atoms with van der Waals surface area (Å²) in [5, 5.41) is 0. The van der Waals surface area contributed by atoms with Gasteiger partial charge in [0.05, 0.1) is 5.70 Å². The van der Waals surface area contributed by atoms with E-state index in [1.807, 2.05) is 0 Å². The number of allylic oxidation sites excluding steroid dienone is 1. The van der Waals surface area contributed by atoms with Crippen LogP contribution in [0, 0.1) is 0 Å². The Morgan fingerprint density at radius 2 is 2.00 bits per heavy atom. The highest BCUT2D eigenvalue weighted by molar-refractivity contribution is 5.71. The predicted octanol–water partition coefficient (Wildman–Crippen LogP) is 3.13. The van der Waals surface area contributed by atoms with Crippen LogP contribution >= 0.6 is 0 Å². The third kappa shape index (κ3) is 3.18. The molecule has 0 bridgehead atoms. The molecule has 0 N–H and O–H groups in total. The molecule has 1 rings (SSSR count). The smallest absolute Gasteiger partial charge is 0.414 e. The monoisotopic (exact) mass is 219 g/mol. The number of nitrogens with zero attached hydrogens (tertiary/aromatic N) is 1. The van der Waals surface area contributed by atoms with Gasteiger partial charge in [-0.05, 0) is 33.6 Å². The Kier molecular flexibility index (Phi) is 3.31. The van der Waals surface area contributed by atoms with E-state index in [0.717, 1.165) is 4.90 Å². The van der Waals surface area contributed by atoms with E-state index in [4.69, 9.17) is 4.74 Å². The summed E-state index contributed by atoms with van der Waals surface area (Å²) in [4.78, 5) is 12.5. The van der Waals surface area contributed by atoms with Gasteiger partial charge in [-0.15, -0.1) is 0 Å². The summed E-state index contributed by atoms with van der Waals surface area (Å²) >= 11 is 0. The first-order valence-corrected chi connectivity index (χ1v) is 4.86. The molecule has 0 spiro atoms. The number of hydrogen-bond acceptors (Lipinski definition) is 2. The van der Waals surface area contributed by atoms with Gasteiger partial charge in [0.1, 0.15) is 5.60 Å². The van der Waals surface area contributed by atoms with Crippen molar-refractivity contribution in [1.29, 1.82) is 0 Å². The Bertz CT molecular complexity index is 290. The minimum absolute atomic E-state index is 0.204. The molecule has 0 saturated carbocycles. The topological polar surface area (TPSA) is 29.5 Å². The molecule has 15 heavy (non-hydrogen) atoms. The van der Waals surface area contributed by atoms with E-state index in [1.165, 1.54) is 0 Å². The summed E-state index contributed by atoms with van der Waals surface area (Å²) in [5.74, 6) is 0. The highest BCUT2D eigenvalue weighted by Gasteiger charge is 2.30. The van der Waals surface area contributed by atoms with Gasteiger partial charge in [-0.25, -0.2) is 4.79 Å². The molecule has 5 heteroatoms. The zero-order valence-electron chi connectivity index (χ0n) is 9.14. The highest BCUT2D eigenvalue weighted by atomic mass is 19.3. The maximum absolute atomic E-state index is 12.4. The molecule has 1 heterocycles. The Morgan fingerprint density at radius 1 is 1.40 bits per heavy atom. The molecular formula is C10H15F2NO2. The molecule has 1 aliphatic rings. The van der Waals surface area contributed by atoms with Crippen molar-refractivity contribution in [2.24, 2.45) is 0 Å². The summed E-state index contributed by atoms with van der Waals surface area (Å²) in [6.45, 7) is 5.42. The van der Waals surface area contributed by atoms with Crippen LogP contribution in [-0.4, -0.2) is 23.1 Å². The predicted molar refractivity (Wildman–Crippen MR) is 51.4 cm³/mol. The second-order valence-electron chi connectivity index (χ2n) is 4.44. The lowest BCUT2D eigenvalue weighted by Crippen LogP contribution is -2.34. The molecule has 1 fully saturated rings. The average Bonchev–Trinajstić information content (AvgIpc) is 2.47. The van der Waals surface area contributed by atoms with Crippen LogP contribution in [0.25, 0.3) is 0 Å². The summed E-state index contributed by atoms with van der Waals surface area (Å²) in [6.07, 6.45) is -1.69. The molecule has 0 atom stereocenters. The van der Waals surface area contributed by atoms with Crippen LogP contribution in [0.4, 0.5) is 13.6 Å². The van der Waals surface area contributed by atoms with Crippen molar-refractivity contribution in [1.82, 2.24) is 4.90 Å². The molecule has 0 aromatic rings. The van der Waals surface area contributed by atoms with E-state index in [0.29, 0.717) is 13.0 Å². The molecule has 3 nitrogen and oxygen atoms in total. The molecule has 1 aliphatic heterocycles. The molecule has 0 aromatic heterocycles. The maximum atomic E-state index is 12.4. The van der Waals surface area contributed by atoms with Gasteiger partial charge in [0.15, 0.2) is 0 Å². The number of carbonyl (C=O) groups excluding carboxylic acids is 1. The average molecular weight is 219 g/mol. The molecule has 1 amide bonds. The van der Waals surface area contributed by atoms with Crippen molar-refractivity contribution in [2.75, 3.05) is 6.54 Å². The first kappa shape index (κ1) is 11.9. The Morgan fingerprint density at radius 3 is 2.47 bits per heavy atom. The van der Waals surface area contributed by atoms with Gasteiger partial charge >= 0.3 is 6.09 Å². The zero-order valence-corrected chi connectivity index (χ0v) is 9.14. The van der Waals surface area contributed by atoms with Crippen molar-refractivity contribution >= 4 is 6.09 Å². The highest BCUT2D eigenvalue weighted by Crippen LogP contribution is 2.27. The van der Waals surface area contributed by atoms with E-state index in [1.54, 1.807) is 20.8 Å². The third-order valence-corrected chi connectivity index (χ3v) is 1.95. The maximum Gasteiger partial charge on any atom is 0.414 e. The van der Waals surface area contributed by atoms with Crippen LogP contribution in [0.1, 0.15) is 33.6 Å². The molecule has 0 radical (unpaired) electrons. The van der Waals surface area contributed by atoms with E-state index in [2.05, 4.69) is 0 Å². The van der Waals surface area contributed by atoms with Crippen LogP contribution in [0.5, 0.6) is 0 Å². The van der Waals surface area contributed by atoms with E-state index in [9.17, 15) is 13.6 Å². The van der Waals surface area contributed by atoms with E-state index < -0.39 is 17.8 Å². The summed E-state index contributed by atoms with van der Waals surface area (Å²) in [6, 6.07) is 0. The van der Waals surface area contributed by atoms with Crippen molar-refractivity contribution in [3.8, 4) is 0 Å². The SMILES string of the molecule is CC(C)(C)OC(=O)N1CCCC1=C(F)F. The van der Waals surface area contributed by atoms with Gasteiger partial charge in [0, 0.05) is 6.54 Å². The van der Waals surface area contributed by atoms with Crippen molar-refractivity contribution in [3.05, 3.63) is 11.8 Å². The molecule has 86 valence electrons. The number of halogens is 2. The summed E-state index contributed by atoms with van der Waals surface area (Å²) in [5.41, 5.74) is -0.860. The fourth-order valence-corrected chi connectivity index (χ4v) is 1.39. The van der Waals surface area contributed by atoms with Crippen LogP contribution in [0.3, 0.4) is 0 Å². The van der Waals surface area contributed by atoms with Crippen molar-refractivity contribution in [3.63, 3.8) is 0 Å². The van der Waals surface area contributed by atoms with E-state index in [-0.39, 0.29) is 12.1 Å². The lowest BCUT2D eigenvalue weighted by molar-refractivity contribution is 0.0329. The molecule has 0 aliphatic carbocycles. The van der Waals surface area contributed by atoms with Gasteiger partial charge in [0.2, 0.25) is 0 Å². The first-order valence-electron chi connectivity index (χ1n) is 4.86. The standard InChI is InChI=1S/C10H15F2NO2/c1-10(2,3)15-9(14)13-6-4-5-7(13)8(11)12/h4-6H2,1-3H3. The van der Waals surface area contributed by atoms with Crippen LogP contribution in [-0.2, 0) is 4.74 Å². The fraction of sp³-hybridized carbons (Fsp3) is 0.700. The minimum Gasteiger partial charge on any atom is -0.443 e. The van der Waals surface area contributed by atoms with Crippen LogP contribution in [0.15, 0.2) is 11.8 Å². The summed E-state index contributed by atoms with van der Waals surface area (Å²) in [7, 11) is 0. The summed E-state index contributed by atoms with van der Waals surface area (Å²) < 4.78 is 29.8. The minimum atomic E-state index is -1.79. The Labute approximate surface area is 87.7 Å². The third-order valence-electron chi connectivity index (χ3n) is 1.95. The second-order valence-corrected chi connectivity index (χ2v) is 4.44. The molecule has 0 unspecified atom stereocenters. The van der Waals surface area contributed by atoms with Gasteiger partial charge in [-0.2, -0.15) is 8.78 Å². The lowest BCUT2D eigenvalue weighted by Gasteiger charge is -2.24. The quantitative estimate of drug-likeness (QED) is 0.626. The first-order chi connectivity index (χ1) is 6.81. The number of hydrogen-bond donors (Lipinski definition) is 0. The van der Waals surface area contributed by atoms with Crippen molar-refractivity contribution < 1.29 is 18.3 Å². The molecular weight excluding hydrogens is 204 g/mol. The Hall–Kier alpha value is -1.13. The molecule has 0 aromatic carbocycles. The zero-order chi connectivity index (χ0) is 11.6. The van der Waals surface area contributed by atoms with Gasteiger partial charge in [-0.1, -0.05) is 0 Å². The Balaban J connectivity index is 2.72. The lowest BCUT2D eigenvalue weighted by atomic mass is 10.2. The molecule has 1 saturated heterocycles. The number of likely N-dealkylation sites (tertiary alicyclic amines) is 1. The van der Waals surface area contributed by atoms with Gasteiger partial charge < -0.3 is 4.74 Å². The van der Waals surface area contributed by atoms with Crippen LogP contribution in [0.2, 0.25) is 0 Å².